The number of benzene rings is 2. The van der Waals surface area contributed by atoms with Crippen LogP contribution in [0, 0.1) is 0 Å². The van der Waals surface area contributed by atoms with Gasteiger partial charge in [0.1, 0.15) is 0 Å². The predicted molar refractivity (Wildman–Crippen MR) is 126 cm³/mol. The summed E-state index contributed by atoms with van der Waals surface area (Å²) >= 11 is 6.21. The van der Waals surface area contributed by atoms with Crippen molar-refractivity contribution in [3.05, 3.63) is 58.1 Å². The highest BCUT2D eigenvalue weighted by atomic mass is 35.5. The van der Waals surface area contributed by atoms with Crippen LogP contribution in [0.1, 0.15) is 40.1 Å². The molecule has 0 spiro atoms. The first-order valence-electron chi connectivity index (χ1n) is 10.8. The molecule has 0 radical (unpaired) electrons. The van der Waals surface area contributed by atoms with Crippen molar-refractivity contribution in [2.75, 3.05) is 26.8 Å². The molecule has 2 aromatic rings. The zero-order valence-corrected chi connectivity index (χ0v) is 20.1. The van der Waals surface area contributed by atoms with Gasteiger partial charge in [-0.1, -0.05) is 23.7 Å². The van der Waals surface area contributed by atoms with Crippen LogP contribution >= 0.6 is 11.6 Å². The van der Waals surface area contributed by atoms with Gasteiger partial charge in [0.2, 0.25) is 0 Å². The summed E-state index contributed by atoms with van der Waals surface area (Å²) in [6, 6.07) is 9.98. The minimum Gasteiger partial charge on any atom is -0.493 e. The number of primary amides is 1. The van der Waals surface area contributed by atoms with Gasteiger partial charge in [0.05, 0.1) is 24.3 Å². The molecule has 9 nitrogen and oxygen atoms in total. The first-order valence-corrected chi connectivity index (χ1v) is 11.2. The second kappa shape index (κ2) is 11.2. The average Bonchev–Trinajstić information content (AvgIpc) is 2.80. The number of hydrogen-bond acceptors (Lipinski definition) is 6. The fourth-order valence-corrected chi connectivity index (χ4v) is 3.98. The van der Waals surface area contributed by atoms with Gasteiger partial charge in [0, 0.05) is 30.8 Å². The average molecular weight is 490 g/mol. The number of nitrogens with zero attached hydrogens (tertiary/aromatic N) is 1. The van der Waals surface area contributed by atoms with E-state index in [1.54, 1.807) is 29.2 Å². The predicted octanol–water partition coefficient (Wildman–Crippen LogP) is 2.39. The van der Waals surface area contributed by atoms with Crippen LogP contribution in [0.25, 0.3) is 0 Å². The Hall–Kier alpha value is -3.30. The number of nitrogens with one attached hydrogen (secondary N) is 1. The van der Waals surface area contributed by atoms with E-state index in [-0.39, 0.29) is 59.3 Å². The number of carbonyl (C=O) groups excluding carboxylic acids is 3. The van der Waals surface area contributed by atoms with Crippen molar-refractivity contribution < 1.29 is 28.6 Å². The molecular weight excluding hydrogens is 462 g/mol. The summed E-state index contributed by atoms with van der Waals surface area (Å²) in [6.07, 6.45) is -0.00353. The van der Waals surface area contributed by atoms with Crippen LogP contribution in [0.15, 0.2) is 36.4 Å². The number of nitrogens with two attached hydrogens (primary N) is 1. The first kappa shape index (κ1) is 25.3. The van der Waals surface area contributed by atoms with Crippen molar-refractivity contribution in [2.24, 2.45) is 5.73 Å². The Balaban J connectivity index is 1.62. The second-order valence-corrected chi connectivity index (χ2v) is 8.50. The number of morpholine rings is 1. The van der Waals surface area contributed by atoms with Crippen LogP contribution in [0.3, 0.4) is 0 Å². The molecule has 0 aromatic heterocycles. The summed E-state index contributed by atoms with van der Waals surface area (Å²) in [4.78, 5) is 38.2. The van der Waals surface area contributed by atoms with E-state index in [0.29, 0.717) is 18.7 Å². The molecule has 1 heterocycles. The van der Waals surface area contributed by atoms with Gasteiger partial charge in [-0.2, -0.15) is 0 Å². The van der Waals surface area contributed by atoms with Crippen molar-refractivity contribution in [3.63, 3.8) is 0 Å². The van der Waals surface area contributed by atoms with Gasteiger partial charge >= 0.3 is 0 Å². The van der Waals surface area contributed by atoms with E-state index in [1.807, 2.05) is 13.8 Å². The Kier molecular flexibility index (Phi) is 8.36. The molecule has 1 fully saturated rings. The molecule has 0 bridgehead atoms. The van der Waals surface area contributed by atoms with Crippen molar-refractivity contribution in [3.8, 4) is 11.5 Å². The van der Waals surface area contributed by atoms with Gasteiger partial charge in [-0.15, -0.1) is 0 Å². The maximum absolute atomic E-state index is 12.8. The Bertz CT molecular complexity index is 1050. The number of methoxy groups -OCH3 is 1. The van der Waals surface area contributed by atoms with Crippen LogP contribution in [0.4, 0.5) is 0 Å². The van der Waals surface area contributed by atoms with E-state index in [2.05, 4.69) is 5.32 Å². The highest BCUT2D eigenvalue weighted by Crippen LogP contribution is 2.36. The van der Waals surface area contributed by atoms with Crippen LogP contribution in [0.5, 0.6) is 11.5 Å². The van der Waals surface area contributed by atoms with Crippen LogP contribution < -0.4 is 20.5 Å². The highest BCUT2D eigenvalue weighted by Gasteiger charge is 2.26. The van der Waals surface area contributed by atoms with Gasteiger partial charge in [0.25, 0.3) is 17.7 Å². The quantitative estimate of drug-likeness (QED) is 0.587. The lowest BCUT2D eigenvalue weighted by Gasteiger charge is -2.35. The van der Waals surface area contributed by atoms with Gasteiger partial charge in [-0.3, -0.25) is 14.4 Å². The fourth-order valence-electron chi connectivity index (χ4n) is 3.71. The lowest BCUT2D eigenvalue weighted by molar-refractivity contribution is -0.119. The SMILES string of the molecule is COc1cc(C(=O)NCc2ccc(C(=O)N3CC(C)OC(C)C3)cc2)cc(Cl)c1OCC(N)=O. The Morgan fingerprint density at radius 1 is 1.12 bits per heavy atom. The molecule has 2 unspecified atom stereocenters. The van der Waals surface area contributed by atoms with Crippen LogP contribution in [0.2, 0.25) is 5.02 Å². The summed E-state index contributed by atoms with van der Waals surface area (Å²) in [6.45, 7) is 4.89. The smallest absolute Gasteiger partial charge is 0.255 e. The molecule has 182 valence electrons. The number of rotatable bonds is 8. The number of hydrogen-bond donors (Lipinski definition) is 2. The molecule has 3 amide bonds. The molecule has 2 atom stereocenters. The van der Waals surface area contributed by atoms with Crippen LogP contribution in [-0.2, 0) is 16.1 Å². The molecule has 10 heteroatoms. The summed E-state index contributed by atoms with van der Waals surface area (Å²) in [5, 5.41) is 2.92. The maximum atomic E-state index is 12.8. The molecule has 1 aliphatic rings. The largest absolute Gasteiger partial charge is 0.493 e. The molecule has 3 N–H and O–H groups in total. The van der Waals surface area contributed by atoms with Crippen molar-refractivity contribution in [2.45, 2.75) is 32.6 Å². The molecule has 34 heavy (non-hydrogen) atoms. The normalized spacial score (nSPS) is 17.7. The zero-order chi connectivity index (χ0) is 24.8. The molecule has 3 rings (SSSR count). The van der Waals surface area contributed by atoms with E-state index < -0.39 is 5.91 Å². The van der Waals surface area contributed by atoms with E-state index in [9.17, 15) is 14.4 Å². The van der Waals surface area contributed by atoms with E-state index in [0.717, 1.165) is 5.56 Å². The summed E-state index contributed by atoms with van der Waals surface area (Å²) in [5.74, 6) is -0.755. The minimum absolute atomic E-state index is 0.00176. The van der Waals surface area contributed by atoms with Gasteiger partial charge in [-0.25, -0.2) is 0 Å². The van der Waals surface area contributed by atoms with Gasteiger partial charge in [-0.05, 0) is 43.7 Å². The maximum Gasteiger partial charge on any atom is 0.255 e. The van der Waals surface area contributed by atoms with E-state index in [1.165, 1.54) is 19.2 Å². The third-order valence-corrected chi connectivity index (χ3v) is 5.49. The minimum atomic E-state index is -0.665. The monoisotopic (exact) mass is 489 g/mol. The topological polar surface area (TPSA) is 120 Å². The number of amides is 3. The number of ether oxygens (including phenoxy) is 3. The first-order chi connectivity index (χ1) is 16.2. The third-order valence-electron chi connectivity index (χ3n) is 5.21. The Morgan fingerprint density at radius 2 is 1.76 bits per heavy atom. The molecule has 2 aromatic carbocycles. The third kappa shape index (κ3) is 6.39. The van der Waals surface area contributed by atoms with Crippen molar-refractivity contribution in [1.29, 1.82) is 0 Å². The number of carbonyl (C=O) groups is 3. The molecule has 1 aliphatic heterocycles. The zero-order valence-electron chi connectivity index (χ0n) is 19.3. The standard InChI is InChI=1S/C24H28ClN3O6/c1-14-11-28(12-15(2)34-14)24(31)17-6-4-16(5-7-17)10-27-23(30)18-8-19(25)22(20(9-18)32-3)33-13-21(26)29/h4-9,14-15H,10-13H2,1-3H3,(H2,26,29)(H,27,30). The van der Waals surface area contributed by atoms with Crippen LogP contribution in [-0.4, -0.2) is 61.6 Å². The van der Waals surface area contributed by atoms with E-state index in [4.69, 9.17) is 31.5 Å². The summed E-state index contributed by atoms with van der Waals surface area (Å²) in [7, 11) is 1.39. The summed E-state index contributed by atoms with van der Waals surface area (Å²) < 4.78 is 16.2. The summed E-state index contributed by atoms with van der Waals surface area (Å²) in [5.41, 5.74) is 6.76. The Labute approximate surface area is 203 Å². The lowest BCUT2D eigenvalue weighted by atomic mass is 10.1. The lowest BCUT2D eigenvalue weighted by Crippen LogP contribution is -2.48. The van der Waals surface area contributed by atoms with Crippen molar-refractivity contribution >= 4 is 29.3 Å². The Morgan fingerprint density at radius 3 is 2.35 bits per heavy atom. The van der Waals surface area contributed by atoms with Crippen molar-refractivity contribution in [1.82, 2.24) is 10.2 Å². The highest BCUT2D eigenvalue weighted by molar-refractivity contribution is 6.32. The second-order valence-electron chi connectivity index (χ2n) is 8.09. The molecule has 1 saturated heterocycles. The van der Waals surface area contributed by atoms with Gasteiger partial charge < -0.3 is 30.2 Å². The molecule has 0 aliphatic carbocycles. The van der Waals surface area contributed by atoms with E-state index >= 15 is 0 Å². The van der Waals surface area contributed by atoms with Gasteiger partial charge in [0.15, 0.2) is 18.1 Å². The molecular formula is C24H28ClN3O6. The fraction of sp³-hybridized carbons (Fsp3) is 0.375. The molecule has 0 saturated carbocycles. The number of halogens is 1.